The van der Waals surface area contributed by atoms with Crippen molar-refractivity contribution in [2.75, 3.05) is 5.32 Å². The number of aryl methyl sites for hydroxylation is 2. The lowest BCUT2D eigenvalue weighted by Gasteiger charge is -2.13. The first kappa shape index (κ1) is 24.6. The van der Waals surface area contributed by atoms with E-state index in [1.165, 1.54) is 24.3 Å². The van der Waals surface area contributed by atoms with E-state index < -0.39 is 11.7 Å². The van der Waals surface area contributed by atoms with Gasteiger partial charge in [0.05, 0.1) is 5.71 Å². The molecule has 2 N–H and O–H groups in total. The van der Waals surface area contributed by atoms with E-state index in [1.807, 2.05) is 37.3 Å². The van der Waals surface area contributed by atoms with Gasteiger partial charge in [0.15, 0.2) is 5.76 Å². The van der Waals surface area contributed by atoms with Gasteiger partial charge in [-0.2, -0.15) is 5.10 Å². The summed E-state index contributed by atoms with van der Waals surface area (Å²) in [7, 11) is 0. The first-order chi connectivity index (χ1) is 18.9. The molecule has 39 heavy (non-hydrogen) atoms. The Morgan fingerprint density at radius 1 is 0.974 bits per heavy atom. The van der Waals surface area contributed by atoms with E-state index in [1.54, 1.807) is 0 Å². The van der Waals surface area contributed by atoms with Crippen LogP contribution in [0.4, 0.5) is 10.1 Å². The van der Waals surface area contributed by atoms with Crippen LogP contribution in [0.2, 0.25) is 0 Å². The molecule has 0 spiro atoms. The fourth-order valence-electron chi connectivity index (χ4n) is 5.44. The average Bonchev–Trinajstić information content (AvgIpc) is 3.46. The fraction of sp³-hybridized carbons (Fsp3) is 0.194. The molecule has 5 aromatic rings. The Kier molecular flexibility index (Phi) is 6.23. The number of carbonyl (C=O) groups excluding carboxylic acids is 2. The second-order valence-corrected chi connectivity index (χ2v) is 9.66. The molecule has 0 fully saturated rings. The second-order valence-electron chi connectivity index (χ2n) is 9.66. The SMILES string of the molecule is CCn1c2ccccc2c2cc(NC(=O)c3oc4c(c3C)/C(=N/NC(=O)c3ccc(F)cc3)CCC4)ccc21. The largest absolute Gasteiger partial charge is 0.455 e. The molecular formula is C31H27FN4O3. The number of fused-ring (bicyclic) bond motifs is 4. The van der Waals surface area contributed by atoms with Gasteiger partial charge in [0.1, 0.15) is 11.6 Å². The van der Waals surface area contributed by atoms with Crippen LogP contribution in [0.1, 0.15) is 57.6 Å². The van der Waals surface area contributed by atoms with Gasteiger partial charge in [0.2, 0.25) is 0 Å². The molecule has 0 radical (unpaired) electrons. The molecule has 196 valence electrons. The summed E-state index contributed by atoms with van der Waals surface area (Å²) in [6.45, 7) is 4.80. The van der Waals surface area contributed by atoms with Crippen LogP contribution in [-0.4, -0.2) is 22.1 Å². The Balaban J connectivity index is 1.27. The molecule has 3 aromatic carbocycles. The molecule has 1 aliphatic rings. The van der Waals surface area contributed by atoms with Crippen molar-refractivity contribution in [3.8, 4) is 0 Å². The van der Waals surface area contributed by atoms with Crippen LogP contribution in [0.5, 0.6) is 0 Å². The number of benzene rings is 3. The van der Waals surface area contributed by atoms with Crippen LogP contribution in [0.25, 0.3) is 21.8 Å². The van der Waals surface area contributed by atoms with Crippen molar-refractivity contribution in [2.24, 2.45) is 5.10 Å². The minimum Gasteiger partial charge on any atom is -0.455 e. The van der Waals surface area contributed by atoms with Gasteiger partial charge >= 0.3 is 0 Å². The summed E-state index contributed by atoms with van der Waals surface area (Å²) in [5.41, 5.74) is 7.91. The molecule has 1 aliphatic carbocycles. The molecule has 0 saturated carbocycles. The van der Waals surface area contributed by atoms with E-state index in [9.17, 15) is 14.0 Å². The van der Waals surface area contributed by atoms with Gasteiger partial charge in [0.25, 0.3) is 11.8 Å². The van der Waals surface area contributed by atoms with E-state index in [-0.39, 0.29) is 11.7 Å². The Hall–Kier alpha value is -4.72. The monoisotopic (exact) mass is 522 g/mol. The highest BCUT2D eigenvalue weighted by molar-refractivity contribution is 6.12. The van der Waals surface area contributed by atoms with Gasteiger partial charge in [-0.25, -0.2) is 9.82 Å². The standard InChI is InChI=1S/C31H27FN4O3/c1-3-36-25-9-5-4-7-22(25)23-17-21(15-16-26(23)36)33-31(38)29-18(2)28-24(8-6-10-27(28)39-29)34-35-30(37)19-11-13-20(32)14-12-19/h4-5,7,9,11-17H,3,6,8,10H2,1-2H3,(H,33,38)(H,35,37)/b34-24+. The molecule has 8 heteroatoms. The third kappa shape index (κ3) is 4.37. The normalized spacial score (nSPS) is 14.1. The zero-order valence-corrected chi connectivity index (χ0v) is 21.7. The predicted molar refractivity (Wildman–Crippen MR) is 150 cm³/mol. The van der Waals surface area contributed by atoms with Crippen molar-refractivity contribution in [1.82, 2.24) is 9.99 Å². The number of hydrogen-bond donors (Lipinski definition) is 2. The van der Waals surface area contributed by atoms with Crippen LogP contribution >= 0.6 is 0 Å². The smallest absolute Gasteiger partial charge is 0.291 e. The zero-order valence-electron chi connectivity index (χ0n) is 21.7. The molecule has 6 rings (SSSR count). The van der Waals surface area contributed by atoms with E-state index >= 15 is 0 Å². The quantitative estimate of drug-likeness (QED) is 0.256. The minimum absolute atomic E-state index is 0.232. The third-order valence-electron chi connectivity index (χ3n) is 7.28. The Morgan fingerprint density at radius 2 is 1.74 bits per heavy atom. The number of nitrogens with zero attached hydrogens (tertiary/aromatic N) is 2. The van der Waals surface area contributed by atoms with Gasteiger partial charge in [-0.1, -0.05) is 18.2 Å². The maximum Gasteiger partial charge on any atom is 0.291 e. The van der Waals surface area contributed by atoms with E-state index in [2.05, 4.69) is 39.5 Å². The predicted octanol–water partition coefficient (Wildman–Crippen LogP) is 6.58. The number of aromatic nitrogens is 1. The lowest BCUT2D eigenvalue weighted by Crippen LogP contribution is -2.22. The summed E-state index contributed by atoms with van der Waals surface area (Å²) in [4.78, 5) is 25.8. The molecule has 2 heterocycles. The van der Waals surface area contributed by atoms with Gasteiger partial charge in [0, 0.05) is 57.1 Å². The molecule has 0 atom stereocenters. The Bertz CT molecular complexity index is 1780. The molecule has 0 unspecified atom stereocenters. The molecule has 2 amide bonds. The van der Waals surface area contributed by atoms with Crippen molar-refractivity contribution in [1.29, 1.82) is 0 Å². The number of hydrogen-bond acceptors (Lipinski definition) is 4. The minimum atomic E-state index is -0.437. The lowest BCUT2D eigenvalue weighted by atomic mass is 9.93. The highest BCUT2D eigenvalue weighted by Gasteiger charge is 2.28. The molecule has 2 aromatic heterocycles. The molecular weight excluding hydrogens is 495 g/mol. The molecule has 0 saturated heterocycles. The number of carbonyl (C=O) groups is 2. The summed E-state index contributed by atoms with van der Waals surface area (Å²) < 4.78 is 21.5. The number of hydrazone groups is 1. The van der Waals surface area contributed by atoms with E-state index in [0.29, 0.717) is 41.1 Å². The van der Waals surface area contributed by atoms with Crippen molar-refractivity contribution in [3.63, 3.8) is 0 Å². The van der Waals surface area contributed by atoms with Crippen molar-refractivity contribution >= 4 is 45.0 Å². The number of anilines is 1. The molecule has 0 aliphatic heterocycles. The van der Waals surface area contributed by atoms with Crippen molar-refractivity contribution < 1.29 is 18.4 Å². The summed E-state index contributed by atoms with van der Waals surface area (Å²) in [5, 5.41) is 9.56. The number of rotatable bonds is 5. The van der Waals surface area contributed by atoms with Gasteiger partial charge in [-0.3, -0.25) is 9.59 Å². The number of halogens is 1. The summed E-state index contributed by atoms with van der Waals surface area (Å²) in [5.74, 6) is -0.276. The average molecular weight is 523 g/mol. The Labute approximate surface area is 224 Å². The van der Waals surface area contributed by atoms with Crippen LogP contribution < -0.4 is 10.7 Å². The number of furan rings is 1. The summed E-state index contributed by atoms with van der Waals surface area (Å²) in [6, 6.07) is 19.4. The van der Waals surface area contributed by atoms with Crippen molar-refractivity contribution in [3.05, 3.63) is 101 Å². The van der Waals surface area contributed by atoms with E-state index in [4.69, 9.17) is 4.42 Å². The highest BCUT2D eigenvalue weighted by Crippen LogP contribution is 2.33. The first-order valence-electron chi connectivity index (χ1n) is 13.0. The summed E-state index contributed by atoms with van der Waals surface area (Å²) >= 11 is 0. The summed E-state index contributed by atoms with van der Waals surface area (Å²) in [6.07, 6.45) is 2.09. The highest BCUT2D eigenvalue weighted by atomic mass is 19.1. The number of para-hydroxylation sites is 1. The van der Waals surface area contributed by atoms with Crippen LogP contribution in [0.15, 0.2) is 76.2 Å². The third-order valence-corrected chi connectivity index (χ3v) is 7.28. The van der Waals surface area contributed by atoms with Crippen LogP contribution in [-0.2, 0) is 13.0 Å². The molecule has 7 nitrogen and oxygen atoms in total. The lowest BCUT2D eigenvalue weighted by molar-refractivity contribution is 0.0953. The van der Waals surface area contributed by atoms with Crippen LogP contribution in [0, 0.1) is 12.7 Å². The number of nitrogens with one attached hydrogen (secondary N) is 2. The number of amides is 2. The molecule has 0 bridgehead atoms. The van der Waals surface area contributed by atoms with Gasteiger partial charge < -0.3 is 14.3 Å². The van der Waals surface area contributed by atoms with Gasteiger partial charge in [-0.05, 0) is 75.2 Å². The van der Waals surface area contributed by atoms with Crippen LogP contribution in [0.3, 0.4) is 0 Å². The van der Waals surface area contributed by atoms with Crippen molar-refractivity contribution in [2.45, 2.75) is 39.7 Å². The first-order valence-corrected chi connectivity index (χ1v) is 13.0. The Morgan fingerprint density at radius 3 is 2.54 bits per heavy atom. The van der Waals surface area contributed by atoms with E-state index in [0.717, 1.165) is 40.3 Å². The fourth-order valence-corrected chi connectivity index (χ4v) is 5.44. The maximum absolute atomic E-state index is 13.3. The second kappa shape index (κ2) is 9.87. The zero-order chi connectivity index (χ0) is 27.1. The maximum atomic E-state index is 13.3. The topological polar surface area (TPSA) is 88.6 Å². The van der Waals surface area contributed by atoms with Gasteiger partial charge in [-0.15, -0.1) is 0 Å².